The van der Waals surface area contributed by atoms with Crippen LogP contribution < -0.4 is 15.4 Å². The number of hydrogen-bond acceptors (Lipinski definition) is 3. The molecule has 1 atom stereocenters. The first-order valence-electron chi connectivity index (χ1n) is 10.0. The van der Waals surface area contributed by atoms with E-state index >= 15 is 0 Å². The molecule has 29 heavy (non-hydrogen) atoms. The quantitative estimate of drug-likeness (QED) is 0.782. The number of nitrogens with one attached hydrogen (secondary N) is 2. The Kier molecular flexibility index (Phi) is 6.75. The van der Waals surface area contributed by atoms with Gasteiger partial charge in [0.05, 0.1) is 12.8 Å². The monoisotopic (exact) mass is 395 g/mol. The fourth-order valence-electron chi connectivity index (χ4n) is 3.71. The Morgan fingerprint density at radius 2 is 1.76 bits per heavy atom. The number of methoxy groups -OCH3 is 1. The van der Waals surface area contributed by atoms with E-state index in [0.717, 1.165) is 24.1 Å². The number of para-hydroxylation sites is 1. The summed E-state index contributed by atoms with van der Waals surface area (Å²) >= 11 is 0. The Balaban J connectivity index is 1.53. The van der Waals surface area contributed by atoms with Crippen molar-refractivity contribution >= 4 is 23.3 Å². The van der Waals surface area contributed by atoms with Crippen LogP contribution in [0.4, 0.5) is 16.2 Å². The summed E-state index contributed by atoms with van der Waals surface area (Å²) in [4.78, 5) is 27.0. The van der Waals surface area contributed by atoms with Crippen molar-refractivity contribution in [2.75, 3.05) is 30.8 Å². The lowest BCUT2D eigenvalue weighted by atomic mass is 9.85. The molecule has 0 spiro atoms. The van der Waals surface area contributed by atoms with Crippen LogP contribution >= 0.6 is 0 Å². The van der Waals surface area contributed by atoms with Crippen LogP contribution in [0, 0.1) is 18.8 Å². The topological polar surface area (TPSA) is 70.7 Å². The molecule has 1 heterocycles. The van der Waals surface area contributed by atoms with Crippen molar-refractivity contribution in [2.24, 2.45) is 11.8 Å². The van der Waals surface area contributed by atoms with Gasteiger partial charge in [0.25, 0.3) is 0 Å². The van der Waals surface area contributed by atoms with E-state index in [1.54, 1.807) is 7.11 Å². The molecule has 1 saturated heterocycles. The van der Waals surface area contributed by atoms with Gasteiger partial charge in [0.1, 0.15) is 5.75 Å². The maximum atomic E-state index is 12.8. The van der Waals surface area contributed by atoms with Crippen LogP contribution in [-0.4, -0.2) is 37.0 Å². The lowest BCUT2D eigenvalue weighted by Crippen LogP contribution is -2.43. The molecule has 2 N–H and O–H groups in total. The lowest BCUT2D eigenvalue weighted by Gasteiger charge is -2.34. The number of amides is 3. The number of piperidine rings is 1. The largest absolute Gasteiger partial charge is 0.495 e. The van der Waals surface area contributed by atoms with Gasteiger partial charge in [-0.3, -0.25) is 4.79 Å². The van der Waals surface area contributed by atoms with E-state index in [2.05, 4.69) is 10.6 Å². The van der Waals surface area contributed by atoms with Gasteiger partial charge in [0, 0.05) is 24.7 Å². The number of ether oxygens (including phenoxy) is 1. The number of carbonyl (C=O) groups is 2. The number of urea groups is 1. The minimum absolute atomic E-state index is 0.0129. The van der Waals surface area contributed by atoms with Crippen molar-refractivity contribution in [3.05, 3.63) is 54.1 Å². The predicted octanol–water partition coefficient (Wildman–Crippen LogP) is 4.52. The number of hydrogen-bond donors (Lipinski definition) is 2. The molecule has 1 aliphatic rings. The number of carbonyl (C=O) groups excluding carboxylic acids is 2. The summed E-state index contributed by atoms with van der Waals surface area (Å²) in [5, 5.41) is 5.93. The second kappa shape index (κ2) is 9.45. The third kappa shape index (κ3) is 5.28. The second-order valence-corrected chi connectivity index (χ2v) is 7.60. The minimum atomic E-state index is -0.139. The third-order valence-electron chi connectivity index (χ3n) is 5.59. The average molecular weight is 396 g/mol. The third-order valence-corrected chi connectivity index (χ3v) is 5.59. The Morgan fingerprint density at radius 1 is 1.07 bits per heavy atom. The van der Waals surface area contributed by atoms with Gasteiger partial charge in [0.15, 0.2) is 0 Å². The SMILES string of the molecule is COc1ccc(C)cc1NC(=O)[C@H](C)C1CCN(C(=O)Nc2ccccc2)CC1. The Labute approximate surface area is 172 Å². The van der Waals surface area contributed by atoms with Gasteiger partial charge in [-0.1, -0.05) is 31.2 Å². The van der Waals surface area contributed by atoms with Crippen molar-refractivity contribution in [1.82, 2.24) is 4.90 Å². The van der Waals surface area contributed by atoms with Crippen molar-refractivity contribution < 1.29 is 14.3 Å². The van der Waals surface area contributed by atoms with Crippen LogP contribution in [0.25, 0.3) is 0 Å². The van der Waals surface area contributed by atoms with Crippen molar-refractivity contribution in [1.29, 1.82) is 0 Å². The first-order chi connectivity index (χ1) is 14.0. The van der Waals surface area contributed by atoms with Gasteiger partial charge in [-0.25, -0.2) is 4.79 Å². The molecule has 154 valence electrons. The van der Waals surface area contributed by atoms with Crippen molar-refractivity contribution in [3.8, 4) is 5.75 Å². The number of benzene rings is 2. The molecule has 3 rings (SSSR count). The molecular weight excluding hydrogens is 366 g/mol. The van der Waals surface area contributed by atoms with Crippen LogP contribution in [0.15, 0.2) is 48.5 Å². The molecule has 3 amide bonds. The van der Waals surface area contributed by atoms with E-state index < -0.39 is 0 Å². The molecule has 0 saturated carbocycles. The Bertz CT molecular complexity index is 846. The highest BCUT2D eigenvalue weighted by Crippen LogP contribution is 2.29. The maximum absolute atomic E-state index is 12.8. The van der Waals surface area contributed by atoms with Crippen LogP contribution in [0.5, 0.6) is 5.75 Å². The van der Waals surface area contributed by atoms with Gasteiger partial charge in [-0.2, -0.15) is 0 Å². The van der Waals surface area contributed by atoms with Gasteiger partial charge in [-0.15, -0.1) is 0 Å². The normalized spacial score (nSPS) is 15.5. The predicted molar refractivity (Wildman–Crippen MR) is 115 cm³/mol. The first-order valence-corrected chi connectivity index (χ1v) is 10.0. The highest BCUT2D eigenvalue weighted by Gasteiger charge is 2.30. The molecule has 6 nitrogen and oxygen atoms in total. The zero-order valence-electron chi connectivity index (χ0n) is 17.3. The molecule has 2 aromatic rings. The highest BCUT2D eigenvalue weighted by atomic mass is 16.5. The zero-order valence-corrected chi connectivity index (χ0v) is 17.3. The molecule has 1 aliphatic heterocycles. The highest BCUT2D eigenvalue weighted by molar-refractivity contribution is 5.94. The summed E-state index contributed by atoms with van der Waals surface area (Å²) in [6.07, 6.45) is 1.61. The van der Waals surface area contributed by atoms with E-state index in [-0.39, 0.29) is 23.8 Å². The zero-order chi connectivity index (χ0) is 20.8. The number of likely N-dealkylation sites (tertiary alicyclic amines) is 1. The summed E-state index contributed by atoms with van der Waals surface area (Å²) in [7, 11) is 1.60. The van der Waals surface area contributed by atoms with Crippen LogP contribution in [-0.2, 0) is 4.79 Å². The Hall–Kier alpha value is -3.02. The number of rotatable bonds is 5. The van der Waals surface area contributed by atoms with Gasteiger partial charge in [-0.05, 0) is 55.5 Å². The van der Waals surface area contributed by atoms with Crippen LogP contribution in [0.3, 0.4) is 0 Å². The molecule has 2 aromatic carbocycles. The maximum Gasteiger partial charge on any atom is 0.321 e. The summed E-state index contributed by atoms with van der Waals surface area (Å²) in [5.74, 6) is 0.746. The van der Waals surface area contributed by atoms with E-state index in [4.69, 9.17) is 4.74 Å². The summed E-state index contributed by atoms with van der Waals surface area (Å²) < 4.78 is 5.35. The molecule has 6 heteroatoms. The van der Waals surface area contributed by atoms with E-state index in [0.29, 0.717) is 24.5 Å². The van der Waals surface area contributed by atoms with E-state index in [1.165, 1.54) is 0 Å². The summed E-state index contributed by atoms with van der Waals surface area (Å²) in [6, 6.07) is 15.1. The summed E-state index contributed by atoms with van der Waals surface area (Å²) in [6.45, 7) is 5.24. The van der Waals surface area contributed by atoms with Gasteiger partial charge >= 0.3 is 6.03 Å². The first kappa shape index (κ1) is 20.7. The molecule has 1 fully saturated rings. The fraction of sp³-hybridized carbons (Fsp3) is 0.391. The Morgan fingerprint density at radius 3 is 2.41 bits per heavy atom. The fourth-order valence-corrected chi connectivity index (χ4v) is 3.71. The molecule has 0 radical (unpaired) electrons. The number of nitrogens with zero attached hydrogens (tertiary/aromatic N) is 1. The van der Waals surface area contributed by atoms with Crippen LogP contribution in [0.1, 0.15) is 25.3 Å². The number of aryl methyl sites for hydroxylation is 1. The van der Waals surface area contributed by atoms with Gasteiger partial charge in [0.2, 0.25) is 5.91 Å². The summed E-state index contributed by atoms with van der Waals surface area (Å²) in [5.41, 5.74) is 2.55. The second-order valence-electron chi connectivity index (χ2n) is 7.60. The molecule has 0 aliphatic carbocycles. The van der Waals surface area contributed by atoms with Crippen molar-refractivity contribution in [3.63, 3.8) is 0 Å². The molecule has 0 unspecified atom stereocenters. The number of anilines is 2. The molecule has 0 aromatic heterocycles. The average Bonchev–Trinajstić information content (AvgIpc) is 2.74. The van der Waals surface area contributed by atoms with Crippen LogP contribution in [0.2, 0.25) is 0 Å². The van der Waals surface area contributed by atoms with E-state index in [9.17, 15) is 9.59 Å². The van der Waals surface area contributed by atoms with Gasteiger partial charge < -0.3 is 20.3 Å². The minimum Gasteiger partial charge on any atom is -0.495 e. The van der Waals surface area contributed by atoms with Crippen molar-refractivity contribution in [2.45, 2.75) is 26.7 Å². The lowest BCUT2D eigenvalue weighted by molar-refractivity contribution is -0.121. The standard InChI is InChI=1S/C23H29N3O3/c1-16-9-10-21(29-3)20(15-16)25-22(27)17(2)18-11-13-26(14-12-18)23(28)24-19-7-5-4-6-8-19/h4-10,15,17-18H,11-14H2,1-3H3,(H,24,28)(H,25,27)/t17-/m1/s1. The van der Waals surface area contributed by atoms with E-state index in [1.807, 2.05) is 67.3 Å². The smallest absolute Gasteiger partial charge is 0.321 e. The molecular formula is C23H29N3O3. The molecule has 0 bridgehead atoms.